The molecule has 7 heteroatoms. The lowest BCUT2D eigenvalue weighted by Gasteiger charge is -2.23. The second-order valence-corrected chi connectivity index (χ2v) is 7.17. The lowest BCUT2D eigenvalue weighted by Crippen LogP contribution is -2.39. The number of amides is 1. The van der Waals surface area contributed by atoms with Gasteiger partial charge in [-0.2, -0.15) is 13.2 Å². The molecule has 150 valence electrons. The Morgan fingerprint density at radius 3 is 2.25 bits per heavy atom. The summed E-state index contributed by atoms with van der Waals surface area (Å²) in [7, 11) is 0. The Labute approximate surface area is 161 Å². The van der Waals surface area contributed by atoms with Crippen molar-refractivity contribution in [3.63, 3.8) is 0 Å². The normalized spacial score (nSPS) is 15.5. The van der Waals surface area contributed by atoms with E-state index in [0.29, 0.717) is 6.54 Å². The Morgan fingerprint density at radius 2 is 1.71 bits per heavy atom. The molecule has 2 aromatic rings. The summed E-state index contributed by atoms with van der Waals surface area (Å²) in [6.07, 6.45) is -2.41. The number of alkyl halides is 3. The monoisotopic (exact) mass is 394 g/mol. The van der Waals surface area contributed by atoms with Gasteiger partial charge in [-0.3, -0.25) is 9.69 Å². The second kappa shape index (κ2) is 8.31. The van der Waals surface area contributed by atoms with Gasteiger partial charge in [0.25, 0.3) is 0 Å². The molecule has 1 amide bonds. The average molecular weight is 394 g/mol. The fourth-order valence-corrected chi connectivity index (χ4v) is 3.09. The minimum Gasteiger partial charge on any atom is -0.348 e. The molecule has 0 aliphatic heterocycles. The zero-order valence-corrected chi connectivity index (χ0v) is 15.5. The molecule has 3 nitrogen and oxygen atoms in total. The van der Waals surface area contributed by atoms with Crippen LogP contribution in [0.4, 0.5) is 17.6 Å². The summed E-state index contributed by atoms with van der Waals surface area (Å²) < 4.78 is 51.1. The van der Waals surface area contributed by atoms with Gasteiger partial charge in [0, 0.05) is 12.6 Å². The van der Waals surface area contributed by atoms with Gasteiger partial charge < -0.3 is 5.32 Å². The van der Waals surface area contributed by atoms with Crippen molar-refractivity contribution in [3.8, 4) is 0 Å². The Kier molecular flexibility index (Phi) is 6.03. The number of carbonyl (C=O) groups excluding carboxylic acids is 1. The molecule has 28 heavy (non-hydrogen) atoms. The van der Waals surface area contributed by atoms with E-state index in [9.17, 15) is 22.4 Å². The molecular formula is C21H22F4N2O. The van der Waals surface area contributed by atoms with Gasteiger partial charge in [0.05, 0.1) is 18.2 Å². The summed E-state index contributed by atoms with van der Waals surface area (Å²) >= 11 is 0. The molecular weight excluding hydrogens is 372 g/mol. The molecule has 1 aliphatic carbocycles. The van der Waals surface area contributed by atoms with E-state index in [2.05, 4.69) is 5.32 Å². The molecule has 0 spiro atoms. The van der Waals surface area contributed by atoms with Gasteiger partial charge in [0.2, 0.25) is 5.91 Å². The average Bonchev–Trinajstić information content (AvgIpc) is 3.46. The molecule has 0 heterocycles. The van der Waals surface area contributed by atoms with E-state index in [1.165, 1.54) is 24.3 Å². The highest BCUT2D eigenvalue weighted by Gasteiger charge is 2.32. The number of carbonyl (C=O) groups is 1. The minimum atomic E-state index is -4.36. The Bertz CT molecular complexity index is 799. The largest absolute Gasteiger partial charge is 0.416 e. The lowest BCUT2D eigenvalue weighted by molar-refractivity contribution is -0.137. The summed E-state index contributed by atoms with van der Waals surface area (Å²) in [5, 5.41) is 2.89. The molecule has 0 saturated heterocycles. The molecule has 0 aromatic heterocycles. The Morgan fingerprint density at radius 1 is 1.11 bits per heavy atom. The summed E-state index contributed by atoms with van der Waals surface area (Å²) in [6.45, 7) is 2.40. The van der Waals surface area contributed by atoms with Crippen LogP contribution in [0, 0.1) is 5.82 Å². The maximum atomic E-state index is 13.0. The van der Waals surface area contributed by atoms with Gasteiger partial charge in [0.1, 0.15) is 5.82 Å². The molecule has 1 atom stereocenters. The maximum Gasteiger partial charge on any atom is 0.416 e. The van der Waals surface area contributed by atoms with Crippen molar-refractivity contribution in [3.05, 3.63) is 71.0 Å². The number of nitrogens with zero attached hydrogens (tertiary/aromatic N) is 1. The lowest BCUT2D eigenvalue weighted by atomic mass is 10.1. The number of benzene rings is 2. The Balaban J connectivity index is 1.58. The number of rotatable bonds is 7. The first-order valence-electron chi connectivity index (χ1n) is 9.17. The van der Waals surface area contributed by atoms with Crippen LogP contribution in [0.15, 0.2) is 48.5 Å². The molecule has 1 fully saturated rings. The van der Waals surface area contributed by atoms with E-state index in [4.69, 9.17) is 0 Å². The number of nitrogens with one attached hydrogen (secondary N) is 1. The molecule has 1 saturated carbocycles. The highest BCUT2D eigenvalue weighted by atomic mass is 19.4. The molecule has 1 N–H and O–H groups in total. The van der Waals surface area contributed by atoms with Crippen molar-refractivity contribution in [2.24, 2.45) is 0 Å². The van der Waals surface area contributed by atoms with Crippen LogP contribution in [0.5, 0.6) is 0 Å². The topological polar surface area (TPSA) is 32.3 Å². The van der Waals surface area contributed by atoms with Crippen molar-refractivity contribution in [2.45, 2.75) is 44.6 Å². The van der Waals surface area contributed by atoms with Crippen LogP contribution in [0.2, 0.25) is 0 Å². The zero-order valence-electron chi connectivity index (χ0n) is 15.5. The minimum absolute atomic E-state index is 0.164. The molecule has 3 rings (SSSR count). The summed E-state index contributed by atoms with van der Waals surface area (Å²) in [6, 6.07) is 11.0. The van der Waals surface area contributed by atoms with Crippen LogP contribution in [0.25, 0.3) is 0 Å². The van der Waals surface area contributed by atoms with E-state index in [0.717, 1.165) is 36.1 Å². The molecule has 2 aromatic carbocycles. The molecule has 1 aliphatic rings. The first kappa shape index (κ1) is 20.3. The van der Waals surface area contributed by atoms with E-state index in [-0.39, 0.29) is 30.4 Å². The van der Waals surface area contributed by atoms with Crippen LogP contribution in [-0.4, -0.2) is 23.4 Å². The van der Waals surface area contributed by atoms with Gasteiger partial charge in [-0.25, -0.2) is 4.39 Å². The third-order valence-electron chi connectivity index (χ3n) is 4.82. The van der Waals surface area contributed by atoms with Crippen molar-refractivity contribution < 1.29 is 22.4 Å². The summed E-state index contributed by atoms with van der Waals surface area (Å²) in [5.74, 6) is -0.505. The summed E-state index contributed by atoms with van der Waals surface area (Å²) in [5.41, 5.74) is 0.856. The van der Waals surface area contributed by atoms with Crippen LogP contribution in [0.3, 0.4) is 0 Å². The first-order chi connectivity index (χ1) is 13.2. The van der Waals surface area contributed by atoms with Gasteiger partial charge in [-0.1, -0.05) is 24.3 Å². The van der Waals surface area contributed by atoms with Crippen molar-refractivity contribution >= 4 is 5.91 Å². The van der Waals surface area contributed by atoms with E-state index in [1.807, 2.05) is 11.8 Å². The molecule has 0 radical (unpaired) electrons. The number of halogens is 4. The van der Waals surface area contributed by atoms with Gasteiger partial charge >= 0.3 is 6.18 Å². The Hall–Kier alpha value is -2.41. The van der Waals surface area contributed by atoms with Crippen LogP contribution in [0.1, 0.15) is 42.5 Å². The van der Waals surface area contributed by atoms with Gasteiger partial charge in [-0.15, -0.1) is 0 Å². The van der Waals surface area contributed by atoms with Crippen molar-refractivity contribution in [2.75, 3.05) is 6.54 Å². The highest BCUT2D eigenvalue weighted by Crippen LogP contribution is 2.31. The fourth-order valence-electron chi connectivity index (χ4n) is 3.09. The van der Waals surface area contributed by atoms with Crippen LogP contribution < -0.4 is 5.32 Å². The standard InChI is InChI=1S/C21H22F4N2O/c1-14(16-4-8-18(22)9-5-16)26-20(28)13-27(19-10-11-19)12-15-2-6-17(7-3-15)21(23,24)25/h2-9,14,19H,10-13H2,1H3,(H,26,28). The predicted octanol–water partition coefficient (Wildman–Crippen LogP) is 4.69. The summed E-state index contributed by atoms with van der Waals surface area (Å²) in [4.78, 5) is 14.4. The van der Waals surface area contributed by atoms with Crippen molar-refractivity contribution in [1.29, 1.82) is 0 Å². The number of hydrogen-bond donors (Lipinski definition) is 1. The first-order valence-corrected chi connectivity index (χ1v) is 9.17. The van der Waals surface area contributed by atoms with E-state index in [1.54, 1.807) is 12.1 Å². The van der Waals surface area contributed by atoms with Crippen LogP contribution in [-0.2, 0) is 17.5 Å². The zero-order chi connectivity index (χ0) is 20.3. The SMILES string of the molecule is CC(NC(=O)CN(Cc1ccc(C(F)(F)F)cc1)C1CC1)c1ccc(F)cc1. The quantitative estimate of drug-likeness (QED) is 0.692. The molecule has 1 unspecified atom stereocenters. The predicted molar refractivity (Wildman–Crippen MR) is 97.8 cm³/mol. The smallest absolute Gasteiger partial charge is 0.348 e. The fraction of sp³-hybridized carbons (Fsp3) is 0.381. The van der Waals surface area contributed by atoms with Crippen molar-refractivity contribution in [1.82, 2.24) is 10.2 Å². The van der Waals surface area contributed by atoms with Gasteiger partial charge in [0.15, 0.2) is 0 Å². The van der Waals surface area contributed by atoms with E-state index >= 15 is 0 Å². The maximum absolute atomic E-state index is 13.0. The van der Waals surface area contributed by atoms with E-state index < -0.39 is 11.7 Å². The third-order valence-corrected chi connectivity index (χ3v) is 4.82. The van der Waals surface area contributed by atoms with Gasteiger partial charge in [-0.05, 0) is 55.2 Å². The van der Waals surface area contributed by atoms with Crippen LogP contribution >= 0.6 is 0 Å². The highest BCUT2D eigenvalue weighted by molar-refractivity contribution is 5.78. The molecule has 0 bridgehead atoms. The third kappa shape index (κ3) is 5.55. The number of hydrogen-bond acceptors (Lipinski definition) is 2. The second-order valence-electron chi connectivity index (χ2n) is 7.17.